The predicted octanol–water partition coefficient (Wildman–Crippen LogP) is 14.5. The van der Waals surface area contributed by atoms with Gasteiger partial charge in [-0.15, -0.1) is 0 Å². The number of rotatable bonds is 4. The normalized spacial score (nSPS) is 11.5. The molecule has 0 aliphatic rings. The minimum Gasteiger partial charge on any atom is -0.344 e. The summed E-state index contributed by atoms with van der Waals surface area (Å²) in [5.74, 6) is 0. The third-order valence-electron chi connectivity index (χ3n) is 11.7. The van der Waals surface area contributed by atoms with E-state index < -0.39 is 0 Å². The van der Waals surface area contributed by atoms with Crippen molar-refractivity contribution in [3.8, 4) is 33.6 Å². The molecule has 0 fully saturated rings. The zero-order valence-electron chi connectivity index (χ0n) is 32.1. The second-order valence-electron chi connectivity index (χ2n) is 15.0. The molecule has 0 atom stereocenters. The topological polar surface area (TPSA) is 14.8 Å². The molecule has 12 rings (SSSR count). The molecule has 0 radical (unpaired) electrons. The molecule has 0 saturated carbocycles. The van der Waals surface area contributed by atoms with Crippen molar-refractivity contribution < 1.29 is 0 Å². The van der Waals surface area contributed by atoms with Crippen molar-refractivity contribution in [3.63, 3.8) is 0 Å². The standard InChI is InChI=1S/C49H33N3.C6H6/c1-50-44-18-10-8-16-38(44)40-24-20-34(30-48(40)50)32-23-27-47-43(29-32)41-25-21-35(31-49(41)52(47)37-14-6-3-7-15-37)33-22-26-46-42(28-33)39-17-9-11-19-45(39)51(46)36-12-4-2-5-13-36;1-2-4-6-5-3-1/h2-31H,1H3;1-6H. The van der Waals surface area contributed by atoms with E-state index >= 15 is 0 Å². The first-order chi connectivity index (χ1) is 28.7. The lowest BCUT2D eigenvalue weighted by Crippen LogP contribution is -1.94. The highest BCUT2D eigenvalue weighted by Gasteiger charge is 2.17. The summed E-state index contributed by atoms with van der Waals surface area (Å²) < 4.78 is 7.11. The van der Waals surface area contributed by atoms with Gasteiger partial charge in [0.15, 0.2) is 0 Å². The van der Waals surface area contributed by atoms with Crippen molar-refractivity contribution in [1.29, 1.82) is 0 Å². The highest BCUT2D eigenvalue weighted by molar-refractivity contribution is 6.14. The number of aromatic nitrogens is 3. The van der Waals surface area contributed by atoms with Gasteiger partial charge < -0.3 is 13.7 Å². The van der Waals surface area contributed by atoms with Gasteiger partial charge in [0.1, 0.15) is 0 Å². The predicted molar refractivity (Wildman–Crippen MR) is 246 cm³/mol. The zero-order valence-corrected chi connectivity index (χ0v) is 32.1. The lowest BCUT2D eigenvalue weighted by molar-refractivity contribution is 1.01. The summed E-state index contributed by atoms with van der Waals surface area (Å²) in [7, 11) is 2.17. The van der Waals surface area contributed by atoms with E-state index in [4.69, 9.17) is 0 Å². The van der Waals surface area contributed by atoms with Crippen LogP contribution in [0.3, 0.4) is 0 Å². The van der Waals surface area contributed by atoms with Crippen LogP contribution in [0.15, 0.2) is 218 Å². The van der Waals surface area contributed by atoms with Crippen molar-refractivity contribution >= 4 is 65.4 Å². The summed E-state index contributed by atoms with van der Waals surface area (Å²) in [6.45, 7) is 0. The van der Waals surface area contributed by atoms with Gasteiger partial charge in [0, 0.05) is 61.8 Å². The van der Waals surface area contributed by atoms with Gasteiger partial charge in [-0.1, -0.05) is 146 Å². The molecule has 3 heterocycles. The maximum atomic E-state index is 2.42. The second-order valence-corrected chi connectivity index (χ2v) is 15.0. The van der Waals surface area contributed by atoms with Crippen LogP contribution >= 0.6 is 0 Å². The van der Waals surface area contributed by atoms with E-state index in [9.17, 15) is 0 Å². The Bertz CT molecular complexity index is 3410. The monoisotopic (exact) mass is 741 g/mol. The van der Waals surface area contributed by atoms with Crippen LogP contribution in [0.2, 0.25) is 0 Å². The van der Waals surface area contributed by atoms with E-state index in [0.29, 0.717) is 0 Å². The van der Waals surface area contributed by atoms with Crippen molar-refractivity contribution in [3.05, 3.63) is 218 Å². The number of benzene rings is 9. The molecule has 0 bridgehead atoms. The summed E-state index contributed by atoms with van der Waals surface area (Å²) >= 11 is 0. The third-order valence-corrected chi connectivity index (χ3v) is 11.7. The number of para-hydroxylation sites is 4. The molecule has 0 aliphatic heterocycles. The highest BCUT2D eigenvalue weighted by Crippen LogP contribution is 2.40. The van der Waals surface area contributed by atoms with E-state index in [1.165, 1.54) is 93.4 Å². The average Bonchev–Trinajstić information content (AvgIpc) is 3.92. The van der Waals surface area contributed by atoms with Gasteiger partial charge in [0.25, 0.3) is 0 Å². The van der Waals surface area contributed by atoms with Crippen LogP contribution in [0.1, 0.15) is 0 Å². The van der Waals surface area contributed by atoms with Gasteiger partial charge in [0.2, 0.25) is 0 Å². The van der Waals surface area contributed by atoms with Crippen molar-refractivity contribution in [2.75, 3.05) is 0 Å². The Kier molecular flexibility index (Phi) is 8.04. The summed E-state index contributed by atoms with van der Waals surface area (Å²) in [5, 5.41) is 7.60. The van der Waals surface area contributed by atoms with Crippen LogP contribution in [0.5, 0.6) is 0 Å². The quantitative estimate of drug-likeness (QED) is 0.171. The van der Waals surface area contributed by atoms with Crippen molar-refractivity contribution in [2.24, 2.45) is 7.05 Å². The molecule has 0 N–H and O–H groups in total. The SMILES string of the molecule is Cn1c2ccccc2c2ccc(-c3ccc4c(c3)c3ccc(-c5ccc6c(c5)c5ccccc5n6-c5ccccc5)cc3n4-c3ccccc3)cc21.c1ccccc1. The molecule has 3 nitrogen and oxygen atoms in total. The summed E-state index contributed by atoms with van der Waals surface area (Å²) in [5.41, 5.74) is 14.5. The number of aryl methyl sites for hydroxylation is 1. The first kappa shape index (κ1) is 33.7. The Morgan fingerprint density at radius 1 is 0.241 bits per heavy atom. The van der Waals surface area contributed by atoms with Gasteiger partial charge in [0.05, 0.1) is 22.1 Å². The lowest BCUT2D eigenvalue weighted by Gasteiger charge is -2.10. The first-order valence-electron chi connectivity index (χ1n) is 19.9. The van der Waals surface area contributed by atoms with Gasteiger partial charge in [-0.05, 0) is 95.1 Å². The molecular formula is C55H39N3. The minimum atomic E-state index is 1.16. The number of hydrogen-bond donors (Lipinski definition) is 0. The van der Waals surface area contributed by atoms with E-state index in [1.54, 1.807) is 0 Å². The van der Waals surface area contributed by atoms with Gasteiger partial charge >= 0.3 is 0 Å². The molecular weight excluding hydrogens is 703 g/mol. The average molecular weight is 742 g/mol. The van der Waals surface area contributed by atoms with E-state index in [2.05, 4.69) is 203 Å². The van der Waals surface area contributed by atoms with Crippen molar-refractivity contribution in [2.45, 2.75) is 0 Å². The summed E-state index contributed by atoms with van der Waals surface area (Å²) in [6.07, 6.45) is 0. The molecule has 274 valence electrons. The number of nitrogens with zero attached hydrogens (tertiary/aromatic N) is 3. The lowest BCUT2D eigenvalue weighted by atomic mass is 9.99. The number of fused-ring (bicyclic) bond motifs is 9. The Hall–Kier alpha value is -7.62. The fourth-order valence-corrected chi connectivity index (χ4v) is 8.97. The molecule has 0 aliphatic carbocycles. The molecule has 12 aromatic rings. The van der Waals surface area contributed by atoms with Gasteiger partial charge in [-0.25, -0.2) is 0 Å². The van der Waals surface area contributed by atoms with Crippen molar-refractivity contribution in [1.82, 2.24) is 13.7 Å². The smallest absolute Gasteiger partial charge is 0.0547 e. The Morgan fingerprint density at radius 2 is 0.586 bits per heavy atom. The van der Waals surface area contributed by atoms with Gasteiger partial charge in [-0.3, -0.25) is 0 Å². The molecule has 58 heavy (non-hydrogen) atoms. The molecule has 0 saturated heterocycles. The van der Waals surface area contributed by atoms with Crippen LogP contribution in [0.25, 0.3) is 99.0 Å². The highest BCUT2D eigenvalue weighted by atomic mass is 15.0. The first-order valence-corrected chi connectivity index (χ1v) is 19.9. The Morgan fingerprint density at radius 3 is 1.14 bits per heavy atom. The van der Waals surface area contributed by atoms with Crippen LogP contribution < -0.4 is 0 Å². The van der Waals surface area contributed by atoms with E-state index in [0.717, 1.165) is 5.69 Å². The van der Waals surface area contributed by atoms with Crippen LogP contribution in [-0.4, -0.2) is 13.7 Å². The Labute approximate surface area is 336 Å². The maximum Gasteiger partial charge on any atom is 0.0547 e. The largest absolute Gasteiger partial charge is 0.344 e. The second kappa shape index (κ2) is 13.8. The Balaban J connectivity index is 0.000000592. The molecule has 9 aromatic carbocycles. The van der Waals surface area contributed by atoms with Gasteiger partial charge in [-0.2, -0.15) is 0 Å². The zero-order chi connectivity index (χ0) is 38.6. The fraction of sp³-hybridized carbons (Fsp3) is 0.0182. The molecule has 0 spiro atoms. The maximum absolute atomic E-state index is 2.42. The molecule has 3 heteroatoms. The third kappa shape index (κ3) is 5.51. The molecule has 0 amide bonds. The fourth-order valence-electron chi connectivity index (χ4n) is 8.97. The summed E-state index contributed by atoms with van der Waals surface area (Å²) in [4.78, 5) is 0. The molecule has 3 aromatic heterocycles. The molecule has 0 unspecified atom stereocenters. The minimum absolute atomic E-state index is 1.16. The van der Waals surface area contributed by atoms with Crippen LogP contribution in [0, 0.1) is 0 Å². The van der Waals surface area contributed by atoms with E-state index in [-0.39, 0.29) is 0 Å². The van der Waals surface area contributed by atoms with E-state index in [1.807, 2.05) is 36.4 Å². The van der Waals surface area contributed by atoms with Crippen LogP contribution in [0.4, 0.5) is 0 Å². The van der Waals surface area contributed by atoms with Crippen LogP contribution in [-0.2, 0) is 7.05 Å². The number of hydrogen-bond acceptors (Lipinski definition) is 0. The summed E-state index contributed by atoms with van der Waals surface area (Å²) in [6, 6.07) is 78.6.